The van der Waals surface area contributed by atoms with Gasteiger partial charge in [-0.25, -0.2) is 0 Å². The normalized spacial score (nSPS) is 14.1. The predicted molar refractivity (Wildman–Crippen MR) is 116 cm³/mol. The molecule has 2 aromatic carbocycles. The summed E-state index contributed by atoms with van der Waals surface area (Å²) in [4.78, 5) is 7.10. The van der Waals surface area contributed by atoms with Gasteiger partial charge in [0, 0.05) is 41.2 Å². The van der Waals surface area contributed by atoms with Gasteiger partial charge < -0.3 is 15.0 Å². The van der Waals surface area contributed by atoms with E-state index in [2.05, 4.69) is 66.5 Å². The van der Waals surface area contributed by atoms with Crippen molar-refractivity contribution in [2.24, 2.45) is 0 Å². The Kier molecular flexibility index (Phi) is 5.88. The standard InChI is InChI=1S/C22H25N3O.ClH/c1-15-12-16(2)22-20(13-15)21(14-17(3)23-22)24-18-4-6-19(7-5-18)25-8-10-26-11-9-25;/h4-7,12-14H,8-11H2,1-3H3,(H,23,24);1H. The van der Waals surface area contributed by atoms with Gasteiger partial charge in [-0.2, -0.15) is 0 Å². The maximum absolute atomic E-state index is 5.44. The third-order valence-corrected chi connectivity index (χ3v) is 4.90. The molecule has 4 rings (SSSR count). The lowest BCUT2D eigenvalue weighted by atomic mass is 10.0. The fraction of sp³-hybridized carbons (Fsp3) is 0.318. The van der Waals surface area contributed by atoms with Crippen molar-refractivity contribution in [2.75, 3.05) is 36.5 Å². The zero-order valence-corrected chi connectivity index (χ0v) is 16.9. The first-order chi connectivity index (χ1) is 12.6. The van der Waals surface area contributed by atoms with E-state index in [1.807, 2.05) is 6.92 Å². The molecule has 0 bridgehead atoms. The molecule has 1 aliphatic rings. The van der Waals surface area contributed by atoms with Crippen molar-refractivity contribution in [3.8, 4) is 0 Å². The van der Waals surface area contributed by atoms with Gasteiger partial charge in [-0.05, 0) is 62.7 Å². The quantitative estimate of drug-likeness (QED) is 0.677. The number of aromatic nitrogens is 1. The highest BCUT2D eigenvalue weighted by Gasteiger charge is 2.11. The topological polar surface area (TPSA) is 37.4 Å². The minimum absolute atomic E-state index is 0. The number of aryl methyl sites for hydroxylation is 3. The largest absolute Gasteiger partial charge is 0.378 e. The van der Waals surface area contributed by atoms with Gasteiger partial charge in [0.05, 0.1) is 18.7 Å². The van der Waals surface area contributed by atoms with Gasteiger partial charge in [0.25, 0.3) is 0 Å². The molecule has 0 radical (unpaired) electrons. The van der Waals surface area contributed by atoms with Crippen LogP contribution >= 0.6 is 12.4 Å². The summed E-state index contributed by atoms with van der Waals surface area (Å²) in [6.45, 7) is 9.84. The Labute approximate surface area is 167 Å². The summed E-state index contributed by atoms with van der Waals surface area (Å²) in [6, 6.07) is 15.2. The molecule has 1 fully saturated rings. The monoisotopic (exact) mass is 383 g/mol. The van der Waals surface area contributed by atoms with Crippen molar-refractivity contribution in [3.63, 3.8) is 0 Å². The number of rotatable bonds is 3. The Morgan fingerprint density at radius 1 is 0.963 bits per heavy atom. The Morgan fingerprint density at radius 3 is 2.37 bits per heavy atom. The van der Waals surface area contributed by atoms with E-state index >= 15 is 0 Å². The highest BCUT2D eigenvalue weighted by Crippen LogP contribution is 2.30. The maximum Gasteiger partial charge on any atom is 0.0755 e. The lowest BCUT2D eigenvalue weighted by Gasteiger charge is -2.29. The maximum atomic E-state index is 5.44. The average Bonchev–Trinajstić information content (AvgIpc) is 2.64. The Bertz CT molecular complexity index is 934. The molecule has 1 aliphatic heterocycles. The molecule has 0 spiro atoms. The first kappa shape index (κ1) is 19.5. The van der Waals surface area contributed by atoms with E-state index in [4.69, 9.17) is 9.72 Å². The zero-order chi connectivity index (χ0) is 18.1. The second-order valence-electron chi connectivity index (χ2n) is 7.06. The van der Waals surface area contributed by atoms with Crippen LogP contribution in [0.3, 0.4) is 0 Å². The summed E-state index contributed by atoms with van der Waals surface area (Å²) in [5, 5.41) is 4.76. The Balaban J connectivity index is 0.00000210. The fourth-order valence-corrected chi connectivity index (χ4v) is 3.65. The van der Waals surface area contributed by atoms with E-state index in [-0.39, 0.29) is 12.4 Å². The van der Waals surface area contributed by atoms with E-state index < -0.39 is 0 Å². The number of nitrogens with zero attached hydrogens (tertiary/aromatic N) is 2. The minimum atomic E-state index is 0. The van der Waals surface area contributed by atoms with Crippen LogP contribution in [-0.2, 0) is 4.74 Å². The Morgan fingerprint density at radius 2 is 1.67 bits per heavy atom. The minimum Gasteiger partial charge on any atom is -0.378 e. The molecule has 0 saturated carbocycles. The number of benzene rings is 2. The van der Waals surface area contributed by atoms with Crippen molar-refractivity contribution in [1.82, 2.24) is 4.98 Å². The number of anilines is 3. The smallest absolute Gasteiger partial charge is 0.0755 e. The molecule has 0 unspecified atom stereocenters. The third kappa shape index (κ3) is 4.18. The predicted octanol–water partition coefficient (Wildman–Crippen LogP) is 5.16. The van der Waals surface area contributed by atoms with Crippen LogP contribution in [-0.4, -0.2) is 31.3 Å². The SMILES string of the molecule is Cc1cc(C)c2nc(C)cc(Nc3ccc(N4CCOCC4)cc3)c2c1.Cl. The van der Waals surface area contributed by atoms with E-state index in [1.165, 1.54) is 22.2 Å². The van der Waals surface area contributed by atoms with Crippen LogP contribution in [0.2, 0.25) is 0 Å². The van der Waals surface area contributed by atoms with Gasteiger partial charge in [0.15, 0.2) is 0 Å². The summed E-state index contributed by atoms with van der Waals surface area (Å²) < 4.78 is 5.44. The summed E-state index contributed by atoms with van der Waals surface area (Å²) in [7, 11) is 0. The molecule has 0 amide bonds. The van der Waals surface area contributed by atoms with Crippen LogP contribution in [0.25, 0.3) is 10.9 Å². The summed E-state index contributed by atoms with van der Waals surface area (Å²) in [5.41, 5.74) is 8.02. The second-order valence-corrected chi connectivity index (χ2v) is 7.06. The van der Waals surface area contributed by atoms with Crippen molar-refractivity contribution in [2.45, 2.75) is 20.8 Å². The fourth-order valence-electron chi connectivity index (χ4n) is 3.65. The highest BCUT2D eigenvalue weighted by atomic mass is 35.5. The number of pyridine rings is 1. The summed E-state index contributed by atoms with van der Waals surface area (Å²) in [5.74, 6) is 0. The van der Waals surface area contributed by atoms with E-state index in [0.29, 0.717) is 0 Å². The molecule has 27 heavy (non-hydrogen) atoms. The number of hydrogen-bond donors (Lipinski definition) is 1. The van der Waals surface area contributed by atoms with Crippen LogP contribution in [0.15, 0.2) is 42.5 Å². The number of halogens is 1. The number of fused-ring (bicyclic) bond motifs is 1. The van der Waals surface area contributed by atoms with E-state index in [9.17, 15) is 0 Å². The first-order valence-electron chi connectivity index (χ1n) is 9.18. The Hall–Kier alpha value is -2.30. The van der Waals surface area contributed by atoms with Crippen molar-refractivity contribution < 1.29 is 4.74 Å². The van der Waals surface area contributed by atoms with Crippen LogP contribution < -0.4 is 10.2 Å². The highest BCUT2D eigenvalue weighted by molar-refractivity contribution is 5.95. The molecule has 0 atom stereocenters. The lowest BCUT2D eigenvalue weighted by Crippen LogP contribution is -2.36. The second kappa shape index (κ2) is 8.15. The van der Waals surface area contributed by atoms with E-state index in [1.54, 1.807) is 0 Å². The zero-order valence-electron chi connectivity index (χ0n) is 16.1. The van der Waals surface area contributed by atoms with Crippen molar-refractivity contribution >= 4 is 40.4 Å². The molecule has 0 aliphatic carbocycles. The molecule has 1 N–H and O–H groups in total. The van der Waals surface area contributed by atoms with Gasteiger partial charge in [-0.15, -0.1) is 12.4 Å². The molecule has 4 nitrogen and oxygen atoms in total. The van der Waals surface area contributed by atoms with Crippen molar-refractivity contribution in [1.29, 1.82) is 0 Å². The van der Waals surface area contributed by atoms with Gasteiger partial charge in [0.2, 0.25) is 0 Å². The molecule has 5 heteroatoms. The molecular weight excluding hydrogens is 358 g/mol. The van der Waals surface area contributed by atoms with E-state index in [0.717, 1.165) is 48.9 Å². The number of nitrogens with one attached hydrogen (secondary N) is 1. The van der Waals surface area contributed by atoms with Gasteiger partial charge >= 0.3 is 0 Å². The number of ether oxygens (including phenoxy) is 1. The van der Waals surface area contributed by atoms with Crippen molar-refractivity contribution in [3.05, 3.63) is 59.3 Å². The summed E-state index contributed by atoms with van der Waals surface area (Å²) >= 11 is 0. The average molecular weight is 384 g/mol. The first-order valence-corrected chi connectivity index (χ1v) is 9.18. The summed E-state index contributed by atoms with van der Waals surface area (Å²) in [6.07, 6.45) is 0. The number of hydrogen-bond acceptors (Lipinski definition) is 4. The van der Waals surface area contributed by atoms with Crippen LogP contribution in [0.5, 0.6) is 0 Å². The molecule has 1 saturated heterocycles. The number of morpholine rings is 1. The van der Waals surface area contributed by atoms with Gasteiger partial charge in [-0.1, -0.05) is 11.6 Å². The third-order valence-electron chi connectivity index (χ3n) is 4.90. The van der Waals surface area contributed by atoms with Gasteiger partial charge in [0.1, 0.15) is 0 Å². The molecule has 2 heterocycles. The molecule has 1 aromatic heterocycles. The van der Waals surface area contributed by atoms with Crippen LogP contribution in [0.4, 0.5) is 17.1 Å². The van der Waals surface area contributed by atoms with Crippen LogP contribution in [0, 0.1) is 20.8 Å². The lowest BCUT2D eigenvalue weighted by molar-refractivity contribution is 0.122. The molecular formula is C22H26ClN3O. The molecule has 142 valence electrons. The van der Waals surface area contributed by atoms with Crippen LogP contribution in [0.1, 0.15) is 16.8 Å². The van der Waals surface area contributed by atoms with Gasteiger partial charge in [-0.3, -0.25) is 4.98 Å². The molecule has 3 aromatic rings.